The fourth-order valence-corrected chi connectivity index (χ4v) is 3.85. The lowest BCUT2D eigenvalue weighted by Gasteiger charge is -2.39. The van der Waals surface area contributed by atoms with Crippen molar-refractivity contribution in [1.82, 2.24) is 10.2 Å². The highest BCUT2D eigenvalue weighted by Gasteiger charge is 2.35. The van der Waals surface area contributed by atoms with Crippen LogP contribution in [0, 0.1) is 6.92 Å². The maximum atomic E-state index is 12.7. The van der Waals surface area contributed by atoms with Crippen LogP contribution in [0.5, 0.6) is 0 Å². The Labute approximate surface area is 144 Å². The lowest BCUT2D eigenvalue weighted by Crippen LogP contribution is -2.54. The zero-order chi connectivity index (χ0) is 17.3. The molecule has 1 N–H and O–H groups in total. The van der Waals surface area contributed by atoms with Crippen LogP contribution in [0.2, 0.25) is 0 Å². The van der Waals surface area contributed by atoms with E-state index in [1.54, 1.807) is 4.90 Å². The summed E-state index contributed by atoms with van der Waals surface area (Å²) in [6, 6.07) is 8.32. The molecule has 24 heavy (non-hydrogen) atoms. The van der Waals surface area contributed by atoms with Crippen molar-refractivity contribution in [2.24, 2.45) is 0 Å². The molecular weight excluding hydrogens is 302 g/mol. The number of nitrogens with zero attached hydrogens (tertiary/aromatic N) is 2. The second kappa shape index (κ2) is 6.83. The molecule has 0 radical (unpaired) electrons. The van der Waals surface area contributed by atoms with Gasteiger partial charge in [0.1, 0.15) is 0 Å². The van der Waals surface area contributed by atoms with Gasteiger partial charge in [-0.15, -0.1) is 0 Å². The van der Waals surface area contributed by atoms with Gasteiger partial charge < -0.3 is 15.1 Å². The van der Waals surface area contributed by atoms with Crippen LogP contribution in [0.25, 0.3) is 0 Å². The third-order valence-corrected chi connectivity index (χ3v) is 5.23. The molecule has 2 heterocycles. The molecule has 130 valence electrons. The van der Waals surface area contributed by atoms with Crippen LogP contribution in [0.4, 0.5) is 10.5 Å². The van der Waals surface area contributed by atoms with Crippen molar-refractivity contribution in [3.63, 3.8) is 0 Å². The fourth-order valence-electron chi connectivity index (χ4n) is 3.85. The Morgan fingerprint density at radius 3 is 2.38 bits per heavy atom. The Morgan fingerprint density at radius 1 is 1.12 bits per heavy atom. The highest BCUT2D eigenvalue weighted by molar-refractivity contribution is 5.96. The first-order chi connectivity index (χ1) is 11.5. The number of piperidine rings is 1. The van der Waals surface area contributed by atoms with Crippen LogP contribution in [0.1, 0.15) is 45.1 Å². The van der Waals surface area contributed by atoms with Gasteiger partial charge in [0.05, 0.1) is 6.04 Å². The SMILES string of the molecule is Cc1ccc(N2CC(NC(=O)N3C(C)CCCC3C)CC2=O)cc1. The molecule has 3 atom stereocenters. The maximum absolute atomic E-state index is 12.7. The zero-order valence-electron chi connectivity index (χ0n) is 14.8. The maximum Gasteiger partial charge on any atom is 0.318 e. The quantitative estimate of drug-likeness (QED) is 0.906. The second-order valence-corrected chi connectivity index (χ2v) is 7.23. The number of hydrogen-bond donors (Lipinski definition) is 1. The van der Waals surface area contributed by atoms with Crippen molar-refractivity contribution < 1.29 is 9.59 Å². The molecule has 5 heteroatoms. The van der Waals surface area contributed by atoms with E-state index in [1.165, 1.54) is 12.0 Å². The number of amides is 3. The molecule has 2 aliphatic heterocycles. The molecule has 3 unspecified atom stereocenters. The molecule has 3 rings (SSSR count). The van der Waals surface area contributed by atoms with E-state index >= 15 is 0 Å². The Hall–Kier alpha value is -2.04. The molecule has 3 amide bonds. The van der Waals surface area contributed by atoms with Crippen molar-refractivity contribution in [2.75, 3.05) is 11.4 Å². The highest BCUT2D eigenvalue weighted by atomic mass is 16.2. The topological polar surface area (TPSA) is 52.7 Å². The first kappa shape index (κ1) is 16.8. The molecule has 1 aromatic rings. The number of carbonyl (C=O) groups is 2. The van der Waals surface area contributed by atoms with Crippen molar-refractivity contribution >= 4 is 17.6 Å². The van der Waals surface area contributed by atoms with Gasteiger partial charge in [0.15, 0.2) is 0 Å². The number of rotatable bonds is 2. The molecule has 0 saturated carbocycles. The minimum absolute atomic E-state index is 0.0294. The summed E-state index contributed by atoms with van der Waals surface area (Å²) in [6.07, 6.45) is 3.65. The number of aryl methyl sites for hydroxylation is 1. The summed E-state index contributed by atoms with van der Waals surface area (Å²) >= 11 is 0. The Balaban J connectivity index is 1.63. The van der Waals surface area contributed by atoms with Gasteiger partial charge in [0, 0.05) is 30.7 Å². The minimum atomic E-state index is -0.118. The Bertz CT molecular complexity index is 604. The summed E-state index contributed by atoms with van der Waals surface area (Å²) in [7, 11) is 0. The van der Waals surface area contributed by atoms with Gasteiger partial charge in [-0.05, 0) is 52.2 Å². The second-order valence-electron chi connectivity index (χ2n) is 7.23. The number of likely N-dealkylation sites (tertiary alicyclic amines) is 1. The van der Waals surface area contributed by atoms with Gasteiger partial charge in [-0.25, -0.2) is 4.79 Å². The summed E-state index contributed by atoms with van der Waals surface area (Å²) in [4.78, 5) is 28.7. The molecule has 0 aliphatic carbocycles. The predicted molar refractivity (Wildman–Crippen MR) is 95.1 cm³/mol. The summed E-state index contributed by atoms with van der Waals surface area (Å²) in [5, 5.41) is 3.08. The lowest BCUT2D eigenvalue weighted by atomic mass is 9.98. The third-order valence-electron chi connectivity index (χ3n) is 5.23. The number of anilines is 1. The fraction of sp³-hybridized carbons (Fsp3) is 0.579. The van der Waals surface area contributed by atoms with Crippen LogP contribution < -0.4 is 10.2 Å². The molecule has 0 spiro atoms. The molecule has 5 nitrogen and oxygen atoms in total. The highest BCUT2D eigenvalue weighted by Crippen LogP contribution is 2.24. The molecular formula is C19H27N3O2. The van der Waals surface area contributed by atoms with Gasteiger partial charge in [0.2, 0.25) is 5.91 Å². The third kappa shape index (κ3) is 3.40. The molecule has 0 aromatic heterocycles. The van der Waals surface area contributed by atoms with E-state index in [2.05, 4.69) is 19.2 Å². The number of hydrogen-bond acceptors (Lipinski definition) is 2. The molecule has 0 bridgehead atoms. The number of nitrogens with one attached hydrogen (secondary N) is 1. The number of carbonyl (C=O) groups excluding carboxylic acids is 2. The summed E-state index contributed by atoms with van der Waals surface area (Å²) in [5.41, 5.74) is 2.07. The number of benzene rings is 1. The van der Waals surface area contributed by atoms with Gasteiger partial charge in [0.25, 0.3) is 0 Å². The van der Waals surface area contributed by atoms with E-state index in [1.807, 2.05) is 36.1 Å². The minimum Gasteiger partial charge on any atom is -0.333 e. The van der Waals surface area contributed by atoms with Crippen molar-refractivity contribution in [3.05, 3.63) is 29.8 Å². The summed E-state index contributed by atoms with van der Waals surface area (Å²) in [5.74, 6) is 0.0731. The van der Waals surface area contributed by atoms with E-state index in [4.69, 9.17) is 0 Å². The standard InChI is InChI=1S/C19H27N3O2/c1-13-7-9-17(10-8-13)21-12-16(11-18(21)23)20-19(24)22-14(2)5-4-6-15(22)3/h7-10,14-16H,4-6,11-12H2,1-3H3,(H,20,24). The van der Waals surface area contributed by atoms with E-state index < -0.39 is 0 Å². The zero-order valence-corrected chi connectivity index (χ0v) is 14.8. The van der Waals surface area contributed by atoms with Gasteiger partial charge in [-0.3, -0.25) is 4.79 Å². The molecule has 2 saturated heterocycles. The molecule has 2 aliphatic rings. The van der Waals surface area contributed by atoms with Gasteiger partial charge in [-0.2, -0.15) is 0 Å². The summed E-state index contributed by atoms with van der Waals surface area (Å²) < 4.78 is 0. The van der Waals surface area contributed by atoms with Gasteiger partial charge in [-0.1, -0.05) is 17.7 Å². The van der Waals surface area contributed by atoms with Crippen molar-refractivity contribution in [2.45, 2.75) is 64.6 Å². The largest absolute Gasteiger partial charge is 0.333 e. The molecule has 1 aromatic carbocycles. The first-order valence-electron chi connectivity index (χ1n) is 8.91. The monoisotopic (exact) mass is 329 g/mol. The van der Waals surface area contributed by atoms with Crippen LogP contribution >= 0.6 is 0 Å². The van der Waals surface area contributed by atoms with Crippen molar-refractivity contribution in [3.8, 4) is 0 Å². The van der Waals surface area contributed by atoms with Crippen LogP contribution in [-0.4, -0.2) is 41.5 Å². The smallest absolute Gasteiger partial charge is 0.318 e. The summed E-state index contributed by atoms with van der Waals surface area (Å²) in [6.45, 7) is 6.78. The van der Waals surface area contributed by atoms with Crippen LogP contribution in [0.15, 0.2) is 24.3 Å². The average Bonchev–Trinajstić information content (AvgIpc) is 2.88. The van der Waals surface area contributed by atoms with Crippen LogP contribution in [-0.2, 0) is 4.79 Å². The molecule has 2 fully saturated rings. The Morgan fingerprint density at radius 2 is 1.75 bits per heavy atom. The van der Waals surface area contributed by atoms with Gasteiger partial charge >= 0.3 is 6.03 Å². The lowest BCUT2D eigenvalue weighted by molar-refractivity contribution is -0.117. The number of urea groups is 1. The van der Waals surface area contributed by atoms with Crippen molar-refractivity contribution in [1.29, 1.82) is 0 Å². The van der Waals surface area contributed by atoms with E-state index in [-0.39, 0.29) is 30.1 Å². The predicted octanol–water partition coefficient (Wildman–Crippen LogP) is 3.07. The van der Waals surface area contributed by atoms with E-state index in [9.17, 15) is 9.59 Å². The first-order valence-corrected chi connectivity index (χ1v) is 8.91. The Kier molecular flexibility index (Phi) is 4.78. The average molecular weight is 329 g/mol. The van der Waals surface area contributed by atoms with Crippen LogP contribution in [0.3, 0.4) is 0 Å². The van der Waals surface area contributed by atoms with E-state index in [0.29, 0.717) is 13.0 Å². The van der Waals surface area contributed by atoms with E-state index in [0.717, 1.165) is 18.5 Å². The normalized spacial score (nSPS) is 27.5.